The van der Waals surface area contributed by atoms with Gasteiger partial charge in [0.25, 0.3) is 0 Å². The molecule has 1 atom stereocenters. The molecule has 5 nitrogen and oxygen atoms in total. The molecule has 2 N–H and O–H groups in total. The van der Waals surface area contributed by atoms with Crippen molar-refractivity contribution in [2.45, 2.75) is 31.9 Å². The highest BCUT2D eigenvalue weighted by Crippen LogP contribution is 2.41. The molecular formula is C20H24N2O3S. The van der Waals surface area contributed by atoms with Crippen molar-refractivity contribution in [3.05, 3.63) is 48.0 Å². The Hall–Kier alpha value is -2.47. The van der Waals surface area contributed by atoms with Crippen molar-refractivity contribution in [2.24, 2.45) is 0 Å². The van der Waals surface area contributed by atoms with E-state index in [1.807, 2.05) is 42.5 Å². The maximum absolute atomic E-state index is 6.10. The van der Waals surface area contributed by atoms with Gasteiger partial charge in [-0.3, -0.25) is 0 Å². The average molecular weight is 372 g/mol. The second kappa shape index (κ2) is 7.41. The predicted octanol–water partition coefficient (Wildman–Crippen LogP) is 4.29. The van der Waals surface area contributed by atoms with E-state index in [0.29, 0.717) is 5.11 Å². The molecule has 0 amide bonds. The van der Waals surface area contributed by atoms with Crippen LogP contribution in [0.1, 0.15) is 31.9 Å². The third-order valence-corrected chi connectivity index (χ3v) is 4.53. The summed E-state index contributed by atoms with van der Waals surface area (Å²) in [5, 5.41) is 7.18. The maximum Gasteiger partial charge on any atom is 0.171 e. The van der Waals surface area contributed by atoms with Crippen LogP contribution in [0.25, 0.3) is 0 Å². The quantitative estimate of drug-likeness (QED) is 0.781. The van der Waals surface area contributed by atoms with E-state index in [4.69, 9.17) is 26.4 Å². The summed E-state index contributed by atoms with van der Waals surface area (Å²) in [5.41, 5.74) is 1.63. The molecule has 0 bridgehead atoms. The van der Waals surface area contributed by atoms with Crippen LogP contribution in [-0.4, -0.2) is 24.9 Å². The zero-order chi connectivity index (χ0) is 18.7. The maximum atomic E-state index is 6.10. The molecule has 138 valence electrons. The van der Waals surface area contributed by atoms with Crippen molar-refractivity contribution in [3.8, 4) is 17.2 Å². The molecule has 0 spiro atoms. The van der Waals surface area contributed by atoms with Gasteiger partial charge in [0, 0.05) is 23.7 Å². The van der Waals surface area contributed by atoms with Gasteiger partial charge in [-0.25, -0.2) is 0 Å². The minimum Gasteiger partial charge on any atom is -0.497 e. The lowest BCUT2D eigenvalue weighted by atomic mass is 9.89. The molecule has 0 radical (unpaired) electrons. The van der Waals surface area contributed by atoms with E-state index >= 15 is 0 Å². The molecular weight excluding hydrogens is 348 g/mol. The van der Waals surface area contributed by atoms with Gasteiger partial charge in [-0.05, 0) is 56.4 Å². The molecule has 1 aliphatic heterocycles. The summed E-state index contributed by atoms with van der Waals surface area (Å²) >= 11 is 5.53. The molecule has 2 aromatic carbocycles. The standard InChI is InChI=1S/C20H24N2O3S/c1-20(2)12-17(16-11-15(24-4)8-9-18(16)25-20)22-19(26)21-13-6-5-7-14(10-13)23-3/h5-11,17H,12H2,1-4H3,(H2,21,22,26)/t17-/m0/s1. The Balaban J connectivity index is 1.78. The van der Waals surface area contributed by atoms with Crippen molar-refractivity contribution in [1.29, 1.82) is 0 Å². The normalized spacial score (nSPS) is 17.5. The van der Waals surface area contributed by atoms with Crippen LogP contribution in [0.15, 0.2) is 42.5 Å². The van der Waals surface area contributed by atoms with Crippen LogP contribution in [0, 0.1) is 0 Å². The molecule has 3 rings (SSSR count). The van der Waals surface area contributed by atoms with Crippen molar-refractivity contribution in [1.82, 2.24) is 5.32 Å². The fourth-order valence-corrected chi connectivity index (χ4v) is 3.37. The summed E-state index contributed by atoms with van der Waals surface area (Å²) in [6.45, 7) is 4.15. The average Bonchev–Trinajstić information content (AvgIpc) is 2.60. The molecule has 0 fully saturated rings. The Labute approximate surface area is 159 Å². The van der Waals surface area contributed by atoms with Gasteiger partial charge in [-0.15, -0.1) is 0 Å². The van der Waals surface area contributed by atoms with E-state index in [1.165, 1.54) is 0 Å². The van der Waals surface area contributed by atoms with Crippen molar-refractivity contribution in [2.75, 3.05) is 19.5 Å². The van der Waals surface area contributed by atoms with E-state index in [-0.39, 0.29) is 11.6 Å². The Morgan fingerprint density at radius 2 is 1.85 bits per heavy atom. The number of anilines is 1. The molecule has 26 heavy (non-hydrogen) atoms. The van der Waals surface area contributed by atoms with Gasteiger partial charge in [0.05, 0.1) is 20.3 Å². The van der Waals surface area contributed by atoms with Gasteiger partial charge < -0.3 is 24.8 Å². The van der Waals surface area contributed by atoms with Crippen LogP contribution in [0.5, 0.6) is 17.2 Å². The second-order valence-electron chi connectivity index (χ2n) is 6.85. The largest absolute Gasteiger partial charge is 0.497 e. The highest BCUT2D eigenvalue weighted by atomic mass is 32.1. The number of hydrogen-bond acceptors (Lipinski definition) is 4. The predicted molar refractivity (Wildman–Crippen MR) is 107 cm³/mol. The molecule has 2 aromatic rings. The molecule has 0 unspecified atom stereocenters. The van der Waals surface area contributed by atoms with E-state index in [1.54, 1.807) is 14.2 Å². The Morgan fingerprint density at radius 3 is 2.58 bits per heavy atom. The van der Waals surface area contributed by atoms with Crippen LogP contribution in [0.4, 0.5) is 5.69 Å². The topological polar surface area (TPSA) is 51.8 Å². The Bertz CT molecular complexity index is 807. The Morgan fingerprint density at radius 1 is 1.12 bits per heavy atom. The van der Waals surface area contributed by atoms with Gasteiger partial charge in [0.1, 0.15) is 22.8 Å². The summed E-state index contributed by atoms with van der Waals surface area (Å²) in [7, 11) is 3.30. The lowest BCUT2D eigenvalue weighted by Gasteiger charge is -2.38. The zero-order valence-corrected chi connectivity index (χ0v) is 16.3. The number of benzene rings is 2. The number of ether oxygens (including phenoxy) is 3. The summed E-state index contributed by atoms with van der Waals surface area (Å²) in [5.74, 6) is 2.43. The van der Waals surface area contributed by atoms with E-state index in [0.717, 1.165) is 34.9 Å². The highest BCUT2D eigenvalue weighted by Gasteiger charge is 2.34. The van der Waals surface area contributed by atoms with Gasteiger partial charge in [-0.1, -0.05) is 6.07 Å². The zero-order valence-electron chi connectivity index (χ0n) is 15.5. The third-order valence-electron chi connectivity index (χ3n) is 4.31. The van der Waals surface area contributed by atoms with Crippen molar-refractivity contribution >= 4 is 23.0 Å². The first kappa shape index (κ1) is 18.3. The number of rotatable bonds is 4. The fraction of sp³-hybridized carbons (Fsp3) is 0.350. The smallest absolute Gasteiger partial charge is 0.171 e. The van der Waals surface area contributed by atoms with Gasteiger partial charge >= 0.3 is 0 Å². The van der Waals surface area contributed by atoms with Crippen LogP contribution < -0.4 is 24.8 Å². The number of methoxy groups -OCH3 is 2. The molecule has 0 saturated heterocycles. The van der Waals surface area contributed by atoms with Gasteiger partial charge in [0.15, 0.2) is 5.11 Å². The van der Waals surface area contributed by atoms with Crippen molar-refractivity contribution in [3.63, 3.8) is 0 Å². The van der Waals surface area contributed by atoms with E-state index in [2.05, 4.69) is 24.5 Å². The first-order chi connectivity index (χ1) is 12.4. The lowest BCUT2D eigenvalue weighted by Crippen LogP contribution is -2.42. The first-order valence-electron chi connectivity index (χ1n) is 8.49. The van der Waals surface area contributed by atoms with Gasteiger partial charge in [-0.2, -0.15) is 0 Å². The summed E-state index contributed by atoms with van der Waals surface area (Å²) in [6.07, 6.45) is 0.785. The Kier molecular flexibility index (Phi) is 5.23. The van der Waals surface area contributed by atoms with Crippen LogP contribution in [0.3, 0.4) is 0 Å². The number of nitrogens with one attached hydrogen (secondary N) is 2. The second-order valence-corrected chi connectivity index (χ2v) is 7.26. The molecule has 0 aromatic heterocycles. The van der Waals surface area contributed by atoms with E-state index < -0.39 is 0 Å². The van der Waals surface area contributed by atoms with Gasteiger partial charge in [0.2, 0.25) is 0 Å². The van der Waals surface area contributed by atoms with Crippen molar-refractivity contribution < 1.29 is 14.2 Å². The number of hydrogen-bond donors (Lipinski definition) is 2. The van der Waals surface area contributed by atoms with Crippen LogP contribution in [0.2, 0.25) is 0 Å². The number of thiocarbonyl (C=S) groups is 1. The molecule has 6 heteroatoms. The number of fused-ring (bicyclic) bond motifs is 1. The lowest BCUT2D eigenvalue weighted by molar-refractivity contribution is 0.0695. The fourth-order valence-electron chi connectivity index (χ4n) is 3.11. The molecule has 1 aliphatic rings. The summed E-state index contributed by atoms with van der Waals surface area (Å²) in [6, 6.07) is 13.5. The minimum absolute atomic E-state index is 0.0226. The first-order valence-corrected chi connectivity index (χ1v) is 8.89. The van der Waals surface area contributed by atoms with Crippen LogP contribution in [-0.2, 0) is 0 Å². The van der Waals surface area contributed by atoms with E-state index in [9.17, 15) is 0 Å². The summed E-state index contributed by atoms with van der Waals surface area (Å²) in [4.78, 5) is 0. The monoisotopic (exact) mass is 372 g/mol. The minimum atomic E-state index is -0.287. The molecule has 0 aliphatic carbocycles. The third kappa shape index (κ3) is 4.19. The highest BCUT2D eigenvalue weighted by molar-refractivity contribution is 7.80. The van der Waals surface area contributed by atoms with Crippen LogP contribution >= 0.6 is 12.2 Å². The SMILES string of the molecule is COc1cccc(NC(=S)N[C@H]2CC(C)(C)Oc3ccc(OC)cc32)c1. The summed E-state index contributed by atoms with van der Waals surface area (Å²) < 4.78 is 16.7. The molecule has 1 heterocycles. The molecule has 0 saturated carbocycles.